The maximum Gasteiger partial charge on any atom is 0.0540 e. The van der Waals surface area contributed by atoms with Gasteiger partial charge in [-0.2, -0.15) is 0 Å². The SMILES string of the molecule is C=CC1=C(C=C)C(C)(C)c2cc(N(c3ccccc3)c3ccccc3-c3ccc(-c4ccccc4N(c4ccccc4)c4ccc(-c5ccc6ccccc6c5)cc4)cc3)ccc21. The monoisotopic (exact) mass is 808 g/mol. The average Bonchev–Trinajstić information content (AvgIpc) is 3.57. The highest BCUT2D eigenvalue weighted by atomic mass is 15.1. The van der Waals surface area contributed by atoms with E-state index in [1.54, 1.807) is 0 Å². The van der Waals surface area contributed by atoms with Crippen molar-refractivity contribution < 1.29 is 0 Å². The maximum atomic E-state index is 4.18. The number of rotatable bonds is 11. The molecular formula is C61H48N2. The van der Waals surface area contributed by atoms with E-state index in [0.29, 0.717) is 0 Å². The van der Waals surface area contributed by atoms with Crippen LogP contribution in [0.3, 0.4) is 0 Å². The number of para-hydroxylation sites is 4. The van der Waals surface area contributed by atoms with E-state index >= 15 is 0 Å². The Balaban J connectivity index is 1.02. The summed E-state index contributed by atoms with van der Waals surface area (Å²) >= 11 is 0. The Morgan fingerprint density at radius 3 is 1.40 bits per heavy atom. The summed E-state index contributed by atoms with van der Waals surface area (Å²) in [5.41, 5.74) is 18.2. The van der Waals surface area contributed by atoms with Gasteiger partial charge >= 0.3 is 0 Å². The summed E-state index contributed by atoms with van der Waals surface area (Å²) in [5.74, 6) is 0. The quantitative estimate of drug-likeness (QED) is 0.128. The molecule has 0 atom stereocenters. The largest absolute Gasteiger partial charge is 0.310 e. The highest BCUT2D eigenvalue weighted by Crippen LogP contribution is 2.50. The third-order valence-electron chi connectivity index (χ3n) is 12.6. The first-order chi connectivity index (χ1) is 30.9. The molecule has 0 N–H and O–H groups in total. The molecule has 0 radical (unpaired) electrons. The van der Waals surface area contributed by atoms with Crippen LogP contribution in [-0.4, -0.2) is 0 Å². The molecule has 2 nitrogen and oxygen atoms in total. The molecule has 2 heteroatoms. The second-order valence-electron chi connectivity index (χ2n) is 16.7. The molecule has 0 unspecified atom stereocenters. The lowest BCUT2D eigenvalue weighted by Crippen LogP contribution is -2.17. The molecule has 1 aliphatic carbocycles. The Kier molecular flexibility index (Phi) is 10.3. The number of anilines is 6. The van der Waals surface area contributed by atoms with E-state index < -0.39 is 0 Å². The number of benzene rings is 9. The Bertz CT molecular complexity index is 3160. The van der Waals surface area contributed by atoms with Gasteiger partial charge in [0.25, 0.3) is 0 Å². The number of nitrogens with zero attached hydrogens (tertiary/aromatic N) is 2. The van der Waals surface area contributed by atoms with Gasteiger partial charge in [0, 0.05) is 39.3 Å². The standard InChI is InChI=1S/C61H48N2/c1-5-53-56-40-39-52(42-58(56)61(3,4)57(53)6-2)63(50-23-11-8-12-24-50)60-28-18-16-26-55(60)46-32-30-45(31-33-46)54-25-15-17-27-59(54)62(49-21-9-7-10-22-49)51-37-35-44(36-38-51)48-34-29-43-19-13-14-20-47(43)41-48/h5-42H,1-2H2,3-4H3. The average molecular weight is 809 g/mol. The zero-order valence-corrected chi connectivity index (χ0v) is 35.7. The van der Waals surface area contributed by atoms with E-state index in [1.165, 1.54) is 38.6 Å². The first-order valence-corrected chi connectivity index (χ1v) is 21.7. The van der Waals surface area contributed by atoms with Crippen LogP contribution in [0.15, 0.2) is 249 Å². The van der Waals surface area contributed by atoms with E-state index in [2.05, 4.69) is 255 Å². The van der Waals surface area contributed by atoms with Crippen LogP contribution in [0.5, 0.6) is 0 Å². The lowest BCUT2D eigenvalue weighted by Gasteiger charge is -2.30. The third kappa shape index (κ3) is 7.16. The van der Waals surface area contributed by atoms with Crippen molar-refractivity contribution in [2.45, 2.75) is 19.3 Å². The van der Waals surface area contributed by atoms with Crippen molar-refractivity contribution in [2.24, 2.45) is 0 Å². The zero-order valence-electron chi connectivity index (χ0n) is 35.7. The van der Waals surface area contributed by atoms with Crippen molar-refractivity contribution in [2.75, 3.05) is 9.80 Å². The van der Waals surface area contributed by atoms with Crippen molar-refractivity contribution in [3.8, 4) is 33.4 Å². The van der Waals surface area contributed by atoms with E-state index in [-0.39, 0.29) is 5.41 Å². The first-order valence-electron chi connectivity index (χ1n) is 21.7. The Morgan fingerprint density at radius 1 is 0.365 bits per heavy atom. The van der Waals surface area contributed by atoms with Gasteiger partial charge in [-0.25, -0.2) is 0 Å². The fourth-order valence-corrected chi connectivity index (χ4v) is 9.47. The van der Waals surface area contributed by atoms with Crippen LogP contribution in [0.2, 0.25) is 0 Å². The van der Waals surface area contributed by atoms with Gasteiger partial charge in [0.05, 0.1) is 11.4 Å². The summed E-state index contributed by atoms with van der Waals surface area (Å²) in [6.45, 7) is 12.9. The second-order valence-corrected chi connectivity index (χ2v) is 16.7. The molecule has 0 aliphatic heterocycles. The highest BCUT2D eigenvalue weighted by Gasteiger charge is 2.36. The fraction of sp³-hybridized carbons (Fsp3) is 0.0492. The Hall–Kier alpha value is -7.94. The van der Waals surface area contributed by atoms with Gasteiger partial charge < -0.3 is 9.80 Å². The van der Waals surface area contributed by atoms with Crippen LogP contribution in [0.1, 0.15) is 25.0 Å². The Morgan fingerprint density at radius 2 is 0.825 bits per heavy atom. The summed E-state index contributed by atoms with van der Waals surface area (Å²) in [5, 5.41) is 2.49. The maximum absolute atomic E-state index is 4.18. The number of hydrogen-bond acceptors (Lipinski definition) is 2. The van der Waals surface area contributed by atoms with Gasteiger partial charge in [0.15, 0.2) is 0 Å². The van der Waals surface area contributed by atoms with Crippen LogP contribution in [0.4, 0.5) is 34.1 Å². The molecule has 0 spiro atoms. The molecule has 302 valence electrons. The summed E-state index contributed by atoms with van der Waals surface area (Å²) in [7, 11) is 0. The Labute approximate surface area is 371 Å². The van der Waals surface area contributed by atoms with Crippen LogP contribution >= 0.6 is 0 Å². The fourth-order valence-electron chi connectivity index (χ4n) is 9.47. The van der Waals surface area contributed by atoms with E-state index in [4.69, 9.17) is 0 Å². The molecule has 0 aromatic heterocycles. The number of fused-ring (bicyclic) bond motifs is 2. The molecule has 0 heterocycles. The predicted octanol–water partition coefficient (Wildman–Crippen LogP) is 17.2. The second kappa shape index (κ2) is 16.5. The van der Waals surface area contributed by atoms with E-state index in [1.807, 2.05) is 12.2 Å². The molecule has 9 aromatic rings. The van der Waals surface area contributed by atoms with Crippen LogP contribution in [-0.2, 0) is 5.41 Å². The van der Waals surface area contributed by atoms with Gasteiger partial charge in [0.2, 0.25) is 0 Å². The molecule has 63 heavy (non-hydrogen) atoms. The third-order valence-corrected chi connectivity index (χ3v) is 12.6. The van der Waals surface area contributed by atoms with E-state index in [9.17, 15) is 0 Å². The summed E-state index contributed by atoms with van der Waals surface area (Å²) in [6, 6.07) is 78.9. The summed E-state index contributed by atoms with van der Waals surface area (Å²) in [4.78, 5) is 4.75. The topological polar surface area (TPSA) is 6.48 Å². The highest BCUT2D eigenvalue weighted by molar-refractivity contribution is 5.94. The molecule has 0 bridgehead atoms. The molecule has 10 rings (SSSR count). The van der Waals surface area contributed by atoms with Crippen LogP contribution < -0.4 is 9.80 Å². The molecular weight excluding hydrogens is 761 g/mol. The molecule has 9 aromatic carbocycles. The predicted molar refractivity (Wildman–Crippen MR) is 270 cm³/mol. The normalized spacial score (nSPS) is 12.8. The lowest BCUT2D eigenvalue weighted by molar-refractivity contribution is 0.654. The molecule has 1 aliphatic rings. The summed E-state index contributed by atoms with van der Waals surface area (Å²) < 4.78 is 0. The number of allylic oxidation sites excluding steroid dienone is 4. The van der Waals surface area contributed by atoms with Crippen LogP contribution in [0, 0.1) is 0 Å². The molecule has 0 saturated carbocycles. The smallest absolute Gasteiger partial charge is 0.0540 e. The number of hydrogen-bond donors (Lipinski definition) is 0. The van der Waals surface area contributed by atoms with Gasteiger partial charge in [-0.05, 0) is 122 Å². The molecule has 0 saturated heterocycles. The van der Waals surface area contributed by atoms with Crippen molar-refractivity contribution >= 4 is 50.5 Å². The van der Waals surface area contributed by atoms with Gasteiger partial charge in [-0.1, -0.05) is 191 Å². The molecule has 0 fully saturated rings. The van der Waals surface area contributed by atoms with Crippen molar-refractivity contribution in [1.82, 2.24) is 0 Å². The zero-order chi connectivity index (χ0) is 42.9. The first kappa shape index (κ1) is 39.2. The van der Waals surface area contributed by atoms with Gasteiger partial charge in [0.1, 0.15) is 0 Å². The lowest BCUT2D eigenvalue weighted by atomic mass is 9.81. The summed E-state index contributed by atoms with van der Waals surface area (Å²) in [6.07, 6.45) is 3.97. The van der Waals surface area contributed by atoms with Crippen LogP contribution in [0.25, 0.3) is 49.7 Å². The minimum absolute atomic E-state index is 0.206. The minimum atomic E-state index is -0.206. The molecule has 0 amide bonds. The minimum Gasteiger partial charge on any atom is -0.310 e. The van der Waals surface area contributed by atoms with Gasteiger partial charge in [-0.3, -0.25) is 0 Å². The van der Waals surface area contributed by atoms with E-state index in [0.717, 1.165) is 62.0 Å². The van der Waals surface area contributed by atoms with Crippen molar-refractivity contribution in [3.63, 3.8) is 0 Å². The van der Waals surface area contributed by atoms with Crippen molar-refractivity contribution in [3.05, 3.63) is 260 Å². The van der Waals surface area contributed by atoms with Crippen molar-refractivity contribution in [1.29, 1.82) is 0 Å². The van der Waals surface area contributed by atoms with Gasteiger partial charge in [-0.15, -0.1) is 0 Å².